The van der Waals surface area contributed by atoms with Gasteiger partial charge < -0.3 is 15.5 Å². The first-order chi connectivity index (χ1) is 16.6. The lowest BCUT2D eigenvalue weighted by Gasteiger charge is -2.39. The van der Waals surface area contributed by atoms with Crippen LogP contribution in [0.15, 0.2) is 36.4 Å². The Balaban J connectivity index is 1.31. The Morgan fingerprint density at radius 1 is 1.03 bits per heavy atom. The first-order valence-corrected chi connectivity index (χ1v) is 14.1. The van der Waals surface area contributed by atoms with E-state index in [0.29, 0.717) is 19.1 Å². The molecule has 1 aliphatic carbocycles. The number of hydrogen-bond donors (Lipinski definition) is 1. The largest absolute Gasteiger partial charge is 0.365 e. The third-order valence-electron chi connectivity index (χ3n) is 7.05. The lowest BCUT2D eigenvalue weighted by Crippen LogP contribution is -2.52. The number of carbonyl (C=O) groups excluding carboxylic acids is 1. The summed E-state index contributed by atoms with van der Waals surface area (Å²) in [6, 6.07) is 12.8. The number of unbranched alkanes of at least 4 members (excludes halogenated alkanes) is 1. The van der Waals surface area contributed by atoms with Gasteiger partial charge in [0.05, 0.1) is 17.4 Å². The maximum absolute atomic E-state index is 13.8. The standard InChI is InChI=1S/C26H32Cl2N4OS/c27-21-14-19(22(28)13-18(21)5-3-4-10-29)15-30-17-34-16-25(30)26(33)32-12-11-31(20-8-9-20)23-6-1-2-7-24(23)32/h1-2,6-7,13-14,20,25H,3-5,8-12,15-17,29H2/t25-/m0/s1. The van der Waals surface area contributed by atoms with Crippen LogP contribution in [0.2, 0.25) is 10.0 Å². The van der Waals surface area contributed by atoms with Gasteiger partial charge in [0, 0.05) is 47.4 Å². The van der Waals surface area contributed by atoms with Crippen molar-refractivity contribution in [1.29, 1.82) is 0 Å². The van der Waals surface area contributed by atoms with Crippen molar-refractivity contribution in [3.05, 3.63) is 57.6 Å². The van der Waals surface area contributed by atoms with E-state index in [0.717, 1.165) is 70.8 Å². The summed E-state index contributed by atoms with van der Waals surface area (Å²) in [7, 11) is 0. The third-order valence-corrected chi connectivity index (χ3v) is 8.82. The molecule has 5 nitrogen and oxygen atoms in total. The summed E-state index contributed by atoms with van der Waals surface area (Å²) >= 11 is 15.1. The number of anilines is 2. The molecule has 2 N–H and O–H groups in total. The number of amides is 1. The average molecular weight is 520 g/mol. The lowest BCUT2D eigenvalue weighted by molar-refractivity contribution is -0.122. The maximum atomic E-state index is 13.8. The van der Waals surface area contributed by atoms with E-state index in [1.165, 1.54) is 18.5 Å². The predicted octanol–water partition coefficient (Wildman–Crippen LogP) is 5.17. The van der Waals surface area contributed by atoms with E-state index in [9.17, 15) is 4.79 Å². The van der Waals surface area contributed by atoms with Gasteiger partial charge in [-0.05, 0) is 74.0 Å². The fourth-order valence-corrected chi connectivity index (χ4v) is 6.75. The topological polar surface area (TPSA) is 52.8 Å². The minimum atomic E-state index is -0.162. The van der Waals surface area contributed by atoms with E-state index in [2.05, 4.69) is 28.0 Å². The van der Waals surface area contributed by atoms with Gasteiger partial charge in [0.1, 0.15) is 0 Å². The summed E-state index contributed by atoms with van der Waals surface area (Å²) in [4.78, 5) is 20.5. The molecule has 2 heterocycles. The highest BCUT2D eigenvalue weighted by Crippen LogP contribution is 2.41. The highest BCUT2D eigenvalue weighted by molar-refractivity contribution is 7.99. The van der Waals surface area contributed by atoms with Crippen LogP contribution in [0.3, 0.4) is 0 Å². The molecule has 0 bridgehead atoms. The number of benzene rings is 2. The Kier molecular flexibility index (Phi) is 7.61. The number of nitrogens with zero attached hydrogens (tertiary/aromatic N) is 3. The van der Waals surface area contributed by atoms with Crippen molar-refractivity contribution in [3.63, 3.8) is 0 Å². The molecule has 0 radical (unpaired) electrons. The molecule has 1 atom stereocenters. The van der Waals surface area contributed by atoms with Gasteiger partial charge in [-0.3, -0.25) is 9.69 Å². The zero-order valence-corrected chi connectivity index (χ0v) is 21.7. The summed E-state index contributed by atoms with van der Waals surface area (Å²) in [5.41, 5.74) is 9.91. The molecule has 3 aliphatic rings. The van der Waals surface area contributed by atoms with Crippen molar-refractivity contribution in [3.8, 4) is 0 Å². The zero-order chi connectivity index (χ0) is 23.7. The van der Waals surface area contributed by atoms with Crippen LogP contribution >= 0.6 is 35.0 Å². The zero-order valence-electron chi connectivity index (χ0n) is 19.4. The third kappa shape index (κ3) is 5.07. The smallest absolute Gasteiger partial charge is 0.245 e. The summed E-state index contributed by atoms with van der Waals surface area (Å²) in [5, 5.41) is 1.47. The molecule has 2 aromatic rings. The Hall–Kier alpha value is -1.44. The number of thioether (sulfide) groups is 1. The Labute approximate surface area is 216 Å². The second-order valence-corrected chi connectivity index (χ2v) is 11.3. The molecule has 34 heavy (non-hydrogen) atoms. The van der Waals surface area contributed by atoms with Gasteiger partial charge in [-0.25, -0.2) is 0 Å². The number of rotatable bonds is 8. The fourth-order valence-electron chi connectivity index (χ4n) is 5.04. The molecule has 2 aromatic carbocycles. The molecular weight excluding hydrogens is 487 g/mol. The summed E-state index contributed by atoms with van der Waals surface area (Å²) < 4.78 is 0. The number of carbonyl (C=O) groups is 1. The molecule has 1 amide bonds. The Bertz CT molecular complexity index is 1050. The molecule has 2 fully saturated rings. The van der Waals surface area contributed by atoms with Gasteiger partial charge in [0.2, 0.25) is 5.91 Å². The van der Waals surface area contributed by atoms with E-state index in [1.807, 2.05) is 23.1 Å². The Morgan fingerprint density at radius 3 is 2.53 bits per heavy atom. The van der Waals surface area contributed by atoms with Gasteiger partial charge in [0.25, 0.3) is 0 Å². The number of aryl methyl sites for hydroxylation is 1. The number of nitrogens with two attached hydrogens (primary N) is 1. The van der Waals surface area contributed by atoms with Crippen LogP contribution < -0.4 is 15.5 Å². The van der Waals surface area contributed by atoms with Crippen LogP contribution in [-0.4, -0.2) is 54.2 Å². The second kappa shape index (κ2) is 10.7. The van der Waals surface area contributed by atoms with E-state index >= 15 is 0 Å². The fraction of sp³-hybridized carbons (Fsp3) is 0.500. The summed E-state index contributed by atoms with van der Waals surface area (Å²) in [6.45, 7) is 2.95. The first-order valence-electron chi connectivity index (χ1n) is 12.2. The monoisotopic (exact) mass is 518 g/mol. The number of fused-ring (bicyclic) bond motifs is 1. The SMILES string of the molecule is NCCCCc1cc(Cl)c(CN2CSC[C@H]2C(=O)N2CCN(C3CC3)c3ccccc32)cc1Cl. The normalized spacial score (nSPS) is 20.6. The summed E-state index contributed by atoms with van der Waals surface area (Å²) in [6.07, 6.45) is 5.36. The molecule has 2 aliphatic heterocycles. The number of halogens is 2. The highest BCUT2D eigenvalue weighted by Gasteiger charge is 2.39. The minimum Gasteiger partial charge on any atom is -0.365 e. The van der Waals surface area contributed by atoms with Gasteiger partial charge in [-0.1, -0.05) is 35.3 Å². The van der Waals surface area contributed by atoms with Crippen LogP contribution in [0, 0.1) is 0 Å². The van der Waals surface area contributed by atoms with E-state index in [1.54, 1.807) is 11.8 Å². The average Bonchev–Trinajstić information content (AvgIpc) is 3.59. The van der Waals surface area contributed by atoms with Crippen LogP contribution in [0.5, 0.6) is 0 Å². The molecule has 5 rings (SSSR count). The lowest BCUT2D eigenvalue weighted by atomic mass is 10.0. The van der Waals surface area contributed by atoms with E-state index in [-0.39, 0.29) is 11.9 Å². The van der Waals surface area contributed by atoms with Gasteiger partial charge in [-0.2, -0.15) is 0 Å². The molecule has 8 heteroatoms. The molecule has 182 valence electrons. The molecule has 1 saturated carbocycles. The molecule has 0 spiro atoms. The van der Waals surface area contributed by atoms with Crippen LogP contribution in [0.25, 0.3) is 0 Å². The van der Waals surface area contributed by atoms with Crippen LogP contribution in [0.4, 0.5) is 11.4 Å². The predicted molar refractivity (Wildman–Crippen MR) is 144 cm³/mol. The summed E-state index contributed by atoms with van der Waals surface area (Å²) in [5.74, 6) is 1.80. The van der Waals surface area contributed by atoms with Crippen molar-refractivity contribution < 1.29 is 4.79 Å². The van der Waals surface area contributed by atoms with Crippen molar-refractivity contribution in [2.24, 2.45) is 5.73 Å². The molecule has 1 saturated heterocycles. The second-order valence-electron chi connectivity index (χ2n) is 9.45. The Morgan fingerprint density at radius 2 is 1.76 bits per heavy atom. The van der Waals surface area contributed by atoms with E-state index in [4.69, 9.17) is 28.9 Å². The van der Waals surface area contributed by atoms with Crippen molar-refractivity contribution in [2.75, 3.05) is 41.1 Å². The quantitative estimate of drug-likeness (QED) is 0.488. The van der Waals surface area contributed by atoms with Crippen molar-refractivity contribution >= 4 is 52.2 Å². The highest BCUT2D eigenvalue weighted by atomic mass is 35.5. The van der Waals surface area contributed by atoms with Gasteiger partial charge in [-0.15, -0.1) is 11.8 Å². The molecular formula is C26H32Cl2N4OS. The van der Waals surface area contributed by atoms with Gasteiger partial charge in [0.15, 0.2) is 0 Å². The van der Waals surface area contributed by atoms with Crippen molar-refractivity contribution in [2.45, 2.75) is 50.7 Å². The molecule has 0 aromatic heterocycles. The van der Waals surface area contributed by atoms with Crippen LogP contribution in [0.1, 0.15) is 36.8 Å². The minimum absolute atomic E-state index is 0.162. The molecule has 0 unspecified atom stereocenters. The van der Waals surface area contributed by atoms with E-state index < -0.39 is 0 Å². The van der Waals surface area contributed by atoms with Crippen molar-refractivity contribution in [1.82, 2.24) is 4.90 Å². The van der Waals surface area contributed by atoms with Gasteiger partial charge >= 0.3 is 0 Å². The number of hydrogen-bond acceptors (Lipinski definition) is 5. The maximum Gasteiger partial charge on any atom is 0.245 e. The van der Waals surface area contributed by atoms with Crippen LogP contribution in [-0.2, 0) is 17.8 Å². The number of para-hydroxylation sites is 2. The first kappa shape index (κ1) is 24.3.